The van der Waals surface area contributed by atoms with Gasteiger partial charge in [0, 0.05) is 18.2 Å². The van der Waals surface area contributed by atoms with Crippen molar-refractivity contribution in [1.29, 1.82) is 0 Å². The fourth-order valence-corrected chi connectivity index (χ4v) is 2.89. The van der Waals surface area contributed by atoms with Crippen molar-refractivity contribution in [2.24, 2.45) is 0 Å². The molecule has 0 unspecified atom stereocenters. The van der Waals surface area contributed by atoms with Gasteiger partial charge in [0.1, 0.15) is 5.69 Å². The first-order valence-corrected chi connectivity index (χ1v) is 7.60. The number of halogens is 3. The van der Waals surface area contributed by atoms with E-state index in [1.807, 2.05) is 18.2 Å². The third-order valence-electron chi connectivity index (χ3n) is 4.18. The van der Waals surface area contributed by atoms with Crippen LogP contribution in [0.3, 0.4) is 0 Å². The van der Waals surface area contributed by atoms with Gasteiger partial charge in [0.05, 0.1) is 0 Å². The molecule has 1 aliphatic rings. The van der Waals surface area contributed by atoms with Gasteiger partial charge in [-0.05, 0) is 54.5 Å². The molecule has 1 aromatic heterocycles. The van der Waals surface area contributed by atoms with Crippen LogP contribution in [0.1, 0.15) is 45.6 Å². The number of pyridine rings is 1. The number of hydrogen-bond acceptors (Lipinski definition) is 2. The number of aryl methyl sites for hydroxylation is 3. The quantitative estimate of drug-likeness (QED) is 0.782. The highest BCUT2D eigenvalue weighted by Gasteiger charge is 2.31. The van der Waals surface area contributed by atoms with Gasteiger partial charge < -0.3 is 0 Å². The van der Waals surface area contributed by atoms with Gasteiger partial charge in [-0.1, -0.05) is 18.2 Å². The third kappa shape index (κ3) is 3.60. The lowest BCUT2D eigenvalue weighted by atomic mass is 10.00. The minimum Gasteiger partial charge on any atom is -0.294 e. The summed E-state index contributed by atoms with van der Waals surface area (Å²) >= 11 is 0. The predicted octanol–water partition coefficient (Wildman–Crippen LogP) is 4.40. The molecule has 0 saturated heterocycles. The van der Waals surface area contributed by atoms with Crippen LogP contribution >= 0.6 is 0 Å². The van der Waals surface area contributed by atoms with Crippen LogP contribution in [0.15, 0.2) is 36.5 Å². The van der Waals surface area contributed by atoms with Crippen LogP contribution in [0.5, 0.6) is 0 Å². The van der Waals surface area contributed by atoms with Crippen LogP contribution in [0.4, 0.5) is 13.2 Å². The average molecular weight is 319 g/mol. The molecule has 23 heavy (non-hydrogen) atoms. The van der Waals surface area contributed by atoms with Gasteiger partial charge in [0.15, 0.2) is 5.78 Å². The number of fused-ring (bicyclic) bond motifs is 1. The van der Waals surface area contributed by atoms with Crippen molar-refractivity contribution in [3.63, 3.8) is 0 Å². The van der Waals surface area contributed by atoms with E-state index in [1.165, 1.54) is 23.4 Å². The SMILES string of the molecule is O=C(CCc1ccc(C(F)(F)F)nc1)c1ccc2c(c1)CCC2. The van der Waals surface area contributed by atoms with E-state index in [0.717, 1.165) is 25.3 Å². The molecule has 0 bridgehead atoms. The van der Waals surface area contributed by atoms with Crippen molar-refractivity contribution in [3.8, 4) is 0 Å². The van der Waals surface area contributed by atoms with E-state index in [0.29, 0.717) is 17.5 Å². The molecule has 0 radical (unpaired) electrons. The van der Waals surface area contributed by atoms with Crippen LogP contribution in [0.2, 0.25) is 0 Å². The molecule has 2 nitrogen and oxygen atoms in total. The van der Waals surface area contributed by atoms with E-state index < -0.39 is 11.9 Å². The van der Waals surface area contributed by atoms with Crippen LogP contribution in [-0.2, 0) is 25.4 Å². The number of carbonyl (C=O) groups excluding carboxylic acids is 1. The molecule has 0 amide bonds. The second-order valence-electron chi connectivity index (χ2n) is 5.81. The van der Waals surface area contributed by atoms with Gasteiger partial charge in [-0.15, -0.1) is 0 Å². The Morgan fingerprint density at radius 2 is 1.87 bits per heavy atom. The number of alkyl halides is 3. The molecule has 5 heteroatoms. The largest absolute Gasteiger partial charge is 0.433 e. The number of nitrogens with zero attached hydrogens (tertiary/aromatic N) is 1. The normalized spacial score (nSPS) is 13.9. The van der Waals surface area contributed by atoms with Crippen molar-refractivity contribution < 1.29 is 18.0 Å². The standard InChI is InChI=1S/C18H16F3NO/c19-18(20,21)17-9-5-12(11-22-17)4-8-16(23)15-7-6-13-2-1-3-14(13)10-15/h5-7,9-11H,1-4,8H2. The van der Waals surface area contributed by atoms with E-state index in [2.05, 4.69) is 4.98 Å². The van der Waals surface area contributed by atoms with E-state index in [9.17, 15) is 18.0 Å². The summed E-state index contributed by atoms with van der Waals surface area (Å²) in [5.74, 6) is 0.0135. The number of aromatic nitrogens is 1. The highest BCUT2D eigenvalue weighted by atomic mass is 19.4. The molecule has 1 aliphatic carbocycles. The molecule has 0 spiro atoms. The van der Waals surface area contributed by atoms with Gasteiger partial charge in [-0.3, -0.25) is 9.78 Å². The van der Waals surface area contributed by atoms with E-state index in [4.69, 9.17) is 0 Å². The summed E-state index contributed by atoms with van der Waals surface area (Å²) < 4.78 is 37.3. The maximum atomic E-state index is 12.4. The smallest absolute Gasteiger partial charge is 0.294 e. The molecule has 0 N–H and O–H groups in total. The Morgan fingerprint density at radius 3 is 2.57 bits per heavy atom. The van der Waals surface area contributed by atoms with Crippen LogP contribution in [-0.4, -0.2) is 10.8 Å². The van der Waals surface area contributed by atoms with Crippen LogP contribution in [0.25, 0.3) is 0 Å². The molecule has 0 fully saturated rings. The lowest BCUT2D eigenvalue weighted by Crippen LogP contribution is -2.08. The van der Waals surface area contributed by atoms with Crippen LogP contribution < -0.4 is 0 Å². The van der Waals surface area contributed by atoms with Crippen molar-refractivity contribution in [1.82, 2.24) is 4.98 Å². The van der Waals surface area contributed by atoms with Crippen molar-refractivity contribution in [3.05, 3.63) is 64.5 Å². The monoisotopic (exact) mass is 319 g/mol. The number of rotatable bonds is 4. The Balaban J connectivity index is 1.63. The molecule has 0 atom stereocenters. The Labute approximate surface area is 132 Å². The number of ketones is 1. The molecule has 0 saturated carbocycles. The first kappa shape index (κ1) is 15.7. The third-order valence-corrected chi connectivity index (χ3v) is 4.18. The predicted molar refractivity (Wildman–Crippen MR) is 80.4 cm³/mol. The number of Topliss-reactive ketones (excluding diaryl/α,β-unsaturated/α-hetero) is 1. The van der Waals surface area contributed by atoms with E-state index >= 15 is 0 Å². The Kier molecular flexibility index (Phi) is 4.20. The van der Waals surface area contributed by atoms with E-state index in [1.54, 1.807) is 0 Å². The van der Waals surface area contributed by atoms with Gasteiger partial charge in [-0.25, -0.2) is 0 Å². The fraction of sp³-hybridized carbons (Fsp3) is 0.333. The number of carbonyl (C=O) groups is 1. The lowest BCUT2D eigenvalue weighted by molar-refractivity contribution is -0.141. The van der Waals surface area contributed by atoms with E-state index in [-0.39, 0.29) is 12.2 Å². The minimum atomic E-state index is -4.43. The Bertz CT molecular complexity index is 720. The van der Waals surface area contributed by atoms with Crippen molar-refractivity contribution in [2.75, 3.05) is 0 Å². The van der Waals surface area contributed by atoms with Gasteiger partial charge in [0.25, 0.3) is 0 Å². The summed E-state index contributed by atoms with van der Waals surface area (Å²) in [5, 5.41) is 0. The second-order valence-corrected chi connectivity index (χ2v) is 5.81. The summed E-state index contributed by atoms with van der Waals surface area (Å²) in [5.41, 5.74) is 2.96. The molecular formula is C18H16F3NO. The molecule has 120 valence electrons. The highest BCUT2D eigenvalue weighted by molar-refractivity contribution is 5.96. The van der Waals surface area contributed by atoms with Gasteiger partial charge >= 0.3 is 6.18 Å². The summed E-state index contributed by atoms with van der Waals surface area (Å²) in [6, 6.07) is 8.14. The number of hydrogen-bond donors (Lipinski definition) is 0. The summed E-state index contributed by atoms with van der Waals surface area (Å²) in [4.78, 5) is 15.7. The van der Waals surface area contributed by atoms with Crippen LogP contribution in [0, 0.1) is 0 Å². The molecule has 0 aliphatic heterocycles. The Morgan fingerprint density at radius 1 is 1.09 bits per heavy atom. The highest BCUT2D eigenvalue weighted by Crippen LogP contribution is 2.27. The fourth-order valence-electron chi connectivity index (χ4n) is 2.89. The van der Waals surface area contributed by atoms with Crippen molar-refractivity contribution in [2.45, 2.75) is 38.3 Å². The first-order valence-electron chi connectivity index (χ1n) is 7.60. The summed E-state index contributed by atoms with van der Waals surface area (Å²) in [6.07, 6.45) is 0.634. The summed E-state index contributed by atoms with van der Waals surface area (Å²) in [7, 11) is 0. The van der Waals surface area contributed by atoms with Gasteiger partial charge in [-0.2, -0.15) is 13.2 Å². The van der Waals surface area contributed by atoms with Crippen molar-refractivity contribution >= 4 is 5.78 Å². The Hall–Kier alpha value is -2.17. The second kappa shape index (κ2) is 6.14. The maximum Gasteiger partial charge on any atom is 0.433 e. The minimum absolute atomic E-state index is 0.0135. The topological polar surface area (TPSA) is 30.0 Å². The maximum absolute atomic E-state index is 12.4. The van der Waals surface area contributed by atoms with Gasteiger partial charge in [0.2, 0.25) is 0 Å². The molecule has 3 rings (SSSR count). The molecule has 2 aromatic rings. The lowest BCUT2D eigenvalue weighted by Gasteiger charge is -2.07. The average Bonchev–Trinajstić information content (AvgIpc) is 2.99. The zero-order valence-electron chi connectivity index (χ0n) is 12.5. The summed E-state index contributed by atoms with van der Waals surface area (Å²) in [6.45, 7) is 0. The zero-order valence-corrected chi connectivity index (χ0v) is 12.5. The molecule has 1 heterocycles. The molecular weight excluding hydrogens is 303 g/mol. The first-order chi connectivity index (χ1) is 10.9. The number of benzene rings is 1. The zero-order chi connectivity index (χ0) is 16.4. The molecule has 1 aromatic carbocycles.